The van der Waals surface area contributed by atoms with E-state index in [4.69, 9.17) is 9.84 Å². The van der Waals surface area contributed by atoms with Crippen LogP contribution in [0.5, 0.6) is 5.75 Å². The predicted octanol–water partition coefficient (Wildman–Crippen LogP) is 0.872. The normalized spacial score (nSPS) is 10.2. The lowest BCUT2D eigenvalue weighted by Gasteiger charge is -2.08. The molecule has 1 heterocycles. The molecule has 1 aromatic carbocycles. The van der Waals surface area contributed by atoms with Crippen LogP contribution in [0.25, 0.3) is 5.69 Å². The van der Waals surface area contributed by atoms with Gasteiger partial charge in [-0.15, -0.1) is 0 Å². The van der Waals surface area contributed by atoms with Gasteiger partial charge in [-0.25, -0.2) is 9.59 Å². The molecule has 0 fully saturated rings. The van der Waals surface area contributed by atoms with Crippen molar-refractivity contribution in [1.29, 1.82) is 0 Å². The molecular formula is C11H10N2O4. The maximum absolute atomic E-state index is 11.5. The average Bonchev–Trinajstić information content (AvgIpc) is 2.74. The smallest absolute Gasteiger partial charge is 0.337 e. The van der Waals surface area contributed by atoms with E-state index in [2.05, 4.69) is 4.98 Å². The highest BCUT2D eigenvalue weighted by atomic mass is 16.5. The summed E-state index contributed by atoms with van der Waals surface area (Å²) in [5, 5.41) is 9.05. The molecule has 0 amide bonds. The fraction of sp³-hybridized carbons (Fsp3) is 0.0909. The molecule has 0 spiro atoms. The van der Waals surface area contributed by atoms with Crippen molar-refractivity contribution in [3.05, 3.63) is 46.6 Å². The van der Waals surface area contributed by atoms with Crippen molar-refractivity contribution in [2.45, 2.75) is 0 Å². The highest BCUT2D eigenvalue weighted by molar-refractivity contribution is 5.92. The van der Waals surface area contributed by atoms with Gasteiger partial charge in [0.15, 0.2) is 0 Å². The number of hydrogen-bond acceptors (Lipinski definition) is 3. The molecule has 2 rings (SSSR count). The van der Waals surface area contributed by atoms with Crippen LogP contribution in [0, 0.1) is 0 Å². The largest absolute Gasteiger partial charge is 0.497 e. The van der Waals surface area contributed by atoms with Gasteiger partial charge in [-0.2, -0.15) is 0 Å². The van der Waals surface area contributed by atoms with Crippen LogP contribution in [0.3, 0.4) is 0 Å². The number of hydrogen-bond donors (Lipinski definition) is 2. The van der Waals surface area contributed by atoms with Crippen LogP contribution in [-0.4, -0.2) is 27.7 Å². The molecule has 6 nitrogen and oxygen atoms in total. The van der Waals surface area contributed by atoms with Crippen molar-refractivity contribution in [2.24, 2.45) is 0 Å². The van der Waals surface area contributed by atoms with Crippen molar-refractivity contribution in [2.75, 3.05) is 7.11 Å². The van der Waals surface area contributed by atoms with Crippen molar-refractivity contribution < 1.29 is 14.6 Å². The van der Waals surface area contributed by atoms with Crippen molar-refractivity contribution in [3.63, 3.8) is 0 Å². The molecule has 0 bridgehead atoms. The van der Waals surface area contributed by atoms with Gasteiger partial charge in [0.05, 0.1) is 18.4 Å². The number of aromatic amines is 1. The minimum atomic E-state index is -1.10. The van der Waals surface area contributed by atoms with E-state index < -0.39 is 11.7 Å². The lowest BCUT2D eigenvalue weighted by atomic mass is 10.1. The Labute approximate surface area is 96.1 Å². The molecule has 0 saturated carbocycles. The van der Waals surface area contributed by atoms with E-state index >= 15 is 0 Å². The van der Waals surface area contributed by atoms with E-state index in [-0.39, 0.29) is 11.3 Å². The number of H-pyrrole nitrogens is 1. The third-order valence-corrected chi connectivity index (χ3v) is 2.34. The van der Waals surface area contributed by atoms with Gasteiger partial charge in [0, 0.05) is 18.5 Å². The first kappa shape index (κ1) is 11.0. The summed E-state index contributed by atoms with van der Waals surface area (Å²) in [5.41, 5.74) is -0.101. The topological polar surface area (TPSA) is 84.3 Å². The van der Waals surface area contributed by atoms with Crippen LogP contribution < -0.4 is 10.4 Å². The molecular weight excluding hydrogens is 224 g/mol. The molecule has 0 aliphatic rings. The number of carboxylic acid groups (broad SMARTS) is 1. The van der Waals surface area contributed by atoms with E-state index in [1.54, 1.807) is 0 Å². The maximum Gasteiger partial charge on any atom is 0.337 e. The molecule has 6 heteroatoms. The summed E-state index contributed by atoms with van der Waals surface area (Å²) in [6, 6.07) is 4.43. The zero-order chi connectivity index (χ0) is 12.4. The number of nitrogens with zero attached hydrogens (tertiary/aromatic N) is 1. The minimum Gasteiger partial charge on any atom is -0.497 e. The number of nitrogens with one attached hydrogen (secondary N) is 1. The highest BCUT2D eigenvalue weighted by Gasteiger charge is 2.13. The number of rotatable bonds is 3. The first-order chi connectivity index (χ1) is 8.13. The van der Waals surface area contributed by atoms with Crippen LogP contribution in [0.4, 0.5) is 0 Å². The zero-order valence-corrected chi connectivity index (χ0v) is 9.01. The molecule has 0 radical (unpaired) electrons. The number of carboxylic acids is 1. The number of ether oxygens (including phenoxy) is 1. The summed E-state index contributed by atoms with van der Waals surface area (Å²) in [4.78, 5) is 25.0. The van der Waals surface area contributed by atoms with Gasteiger partial charge in [0.25, 0.3) is 0 Å². The second-order valence-corrected chi connectivity index (χ2v) is 3.32. The van der Waals surface area contributed by atoms with E-state index in [9.17, 15) is 9.59 Å². The Kier molecular flexibility index (Phi) is 2.70. The van der Waals surface area contributed by atoms with Gasteiger partial charge in [0.1, 0.15) is 5.75 Å². The molecule has 2 N–H and O–H groups in total. The summed E-state index contributed by atoms with van der Waals surface area (Å²) >= 11 is 0. The van der Waals surface area contributed by atoms with E-state index in [1.807, 2.05) is 0 Å². The highest BCUT2D eigenvalue weighted by Crippen LogP contribution is 2.20. The van der Waals surface area contributed by atoms with E-state index in [0.29, 0.717) is 5.75 Å². The molecule has 0 unspecified atom stereocenters. The van der Waals surface area contributed by atoms with Crippen LogP contribution in [0.2, 0.25) is 0 Å². The summed E-state index contributed by atoms with van der Waals surface area (Å²) in [5.74, 6) is -0.617. The molecule has 1 aromatic heterocycles. The first-order valence-electron chi connectivity index (χ1n) is 4.81. The number of imidazole rings is 1. The van der Waals surface area contributed by atoms with Gasteiger partial charge >= 0.3 is 11.7 Å². The predicted molar refractivity (Wildman–Crippen MR) is 59.9 cm³/mol. The van der Waals surface area contributed by atoms with Gasteiger partial charge < -0.3 is 14.8 Å². The molecule has 2 aromatic rings. The van der Waals surface area contributed by atoms with Gasteiger partial charge in [-0.05, 0) is 12.1 Å². The van der Waals surface area contributed by atoms with Crippen LogP contribution in [0.1, 0.15) is 10.4 Å². The number of aromatic nitrogens is 2. The summed E-state index contributed by atoms with van der Waals surface area (Å²) in [6.45, 7) is 0. The summed E-state index contributed by atoms with van der Waals surface area (Å²) in [7, 11) is 1.47. The molecule has 0 aliphatic carbocycles. The number of methoxy groups -OCH3 is 1. The standard InChI is InChI=1S/C11H10N2O4/c1-17-7-2-3-8(10(14)15)9(6-7)13-5-4-12-11(13)16/h2-6H,1H3,(H,12,16)(H,14,15). The SMILES string of the molecule is COc1ccc(C(=O)O)c(-n2cc[nH]c2=O)c1. The van der Waals surface area contributed by atoms with Gasteiger partial charge in [-0.1, -0.05) is 0 Å². The summed E-state index contributed by atoms with van der Waals surface area (Å²) in [6.07, 6.45) is 2.90. The third-order valence-electron chi connectivity index (χ3n) is 2.34. The number of carbonyl (C=O) groups is 1. The Morgan fingerprint density at radius 2 is 2.24 bits per heavy atom. The monoisotopic (exact) mass is 234 g/mol. The fourth-order valence-electron chi connectivity index (χ4n) is 1.53. The van der Waals surface area contributed by atoms with Crippen molar-refractivity contribution in [1.82, 2.24) is 9.55 Å². The molecule has 88 valence electrons. The second kappa shape index (κ2) is 4.17. The first-order valence-corrected chi connectivity index (χ1v) is 4.81. The lowest BCUT2D eigenvalue weighted by molar-refractivity contribution is 0.0697. The maximum atomic E-state index is 11.5. The Balaban J connectivity index is 2.69. The minimum absolute atomic E-state index is 0.0347. The Hall–Kier alpha value is -2.50. The Morgan fingerprint density at radius 1 is 1.47 bits per heavy atom. The number of benzene rings is 1. The molecule has 17 heavy (non-hydrogen) atoms. The van der Waals surface area contributed by atoms with Crippen molar-refractivity contribution >= 4 is 5.97 Å². The molecule has 0 aliphatic heterocycles. The average molecular weight is 234 g/mol. The molecule has 0 saturated heterocycles. The quantitative estimate of drug-likeness (QED) is 0.825. The Morgan fingerprint density at radius 3 is 2.76 bits per heavy atom. The number of aromatic carboxylic acids is 1. The van der Waals surface area contributed by atoms with E-state index in [1.165, 1.54) is 42.3 Å². The summed E-state index contributed by atoms with van der Waals surface area (Å²) < 4.78 is 6.22. The van der Waals surface area contributed by atoms with Gasteiger partial charge in [-0.3, -0.25) is 4.57 Å². The van der Waals surface area contributed by atoms with Gasteiger partial charge in [0.2, 0.25) is 0 Å². The zero-order valence-electron chi connectivity index (χ0n) is 9.01. The van der Waals surface area contributed by atoms with Crippen molar-refractivity contribution in [3.8, 4) is 11.4 Å². The van der Waals surface area contributed by atoms with Crippen LogP contribution >= 0.6 is 0 Å². The lowest BCUT2D eigenvalue weighted by Crippen LogP contribution is -2.17. The molecule has 0 atom stereocenters. The Bertz CT molecular complexity index is 612. The van der Waals surface area contributed by atoms with Crippen LogP contribution in [0.15, 0.2) is 35.4 Å². The second-order valence-electron chi connectivity index (χ2n) is 3.32. The third kappa shape index (κ3) is 1.92. The van der Waals surface area contributed by atoms with Crippen LogP contribution in [-0.2, 0) is 0 Å². The fourth-order valence-corrected chi connectivity index (χ4v) is 1.53. The van der Waals surface area contributed by atoms with E-state index in [0.717, 1.165) is 0 Å².